The Bertz CT molecular complexity index is 812. The number of nitrogens with zero attached hydrogens (tertiary/aromatic N) is 2. The highest BCUT2D eigenvalue weighted by molar-refractivity contribution is 5.80. The van der Waals surface area contributed by atoms with Gasteiger partial charge in [-0.1, -0.05) is 6.07 Å². The van der Waals surface area contributed by atoms with Gasteiger partial charge >= 0.3 is 6.61 Å². The van der Waals surface area contributed by atoms with E-state index >= 15 is 0 Å². The van der Waals surface area contributed by atoms with Gasteiger partial charge in [-0.2, -0.15) is 13.9 Å². The summed E-state index contributed by atoms with van der Waals surface area (Å²) in [6.45, 7) is -1.19. The van der Waals surface area contributed by atoms with Crippen LogP contribution >= 0.6 is 0 Å². The van der Waals surface area contributed by atoms with E-state index < -0.39 is 6.61 Å². The van der Waals surface area contributed by atoms with Crippen LogP contribution in [0.4, 0.5) is 8.78 Å². The second kappa shape index (κ2) is 9.01. The Labute approximate surface area is 162 Å². The van der Waals surface area contributed by atoms with E-state index in [2.05, 4.69) is 20.5 Å². The number of ether oxygens (including phenoxy) is 2. The van der Waals surface area contributed by atoms with Crippen LogP contribution in [0.25, 0.3) is 0 Å². The minimum Gasteiger partial charge on any atom is -0.493 e. The zero-order chi connectivity index (χ0) is 20.1. The zero-order valence-electron chi connectivity index (χ0n) is 15.8. The Morgan fingerprint density at radius 3 is 2.89 bits per heavy atom. The Hall–Kier alpha value is -2.68. The van der Waals surface area contributed by atoms with Crippen LogP contribution in [-0.4, -0.2) is 49.0 Å². The molecular weight excluding hydrogens is 370 g/mol. The molecule has 2 N–H and O–H groups in total. The van der Waals surface area contributed by atoms with E-state index in [4.69, 9.17) is 4.74 Å². The van der Waals surface area contributed by atoms with E-state index in [-0.39, 0.29) is 29.2 Å². The van der Waals surface area contributed by atoms with Gasteiger partial charge in [-0.15, -0.1) is 0 Å². The quantitative estimate of drug-likeness (QED) is 0.713. The van der Waals surface area contributed by atoms with Crippen LogP contribution in [-0.2, 0) is 18.3 Å². The van der Waals surface area contributed by atoms with E-state index in [0.29, 0.717) is 19.5 Å². The summed E-state index contributed by atoms with van der Waals surface area (Å²) in [4.78, 5) is 12.6. The molecule has 1 amide bonds. The molecular formula is C19H24F2N4O3. The number of aromatic nitrogens is 2. The van der Waals surface area contributed by atoms with Crippen LogP contribution in [0.2, 0.25) is 0 Å². The van der Waals surface area contributed by atoms with Gasteiger partial charge in [-0.05, 0) is 29.7 Å². The van der Waals surface area contributed by atoms with Crippen LogP contribution < -0.4 is 20.1 Å². The number of nitrogens with one attached hydrogen (secondary N) is 2. The SMILES string of the molecule is COc1ccc(CCNC(=O)[C@H]2CNC[C@@H]2c2cnn(C)c2)cc1OC(F)F. The second-order valence-corrected chi connectivity index (χ2v) is 6.72. The molecule has 2 heterocycles. The topological polar surface area (TPSA) is 77.4 Å². The molecule has 28 heavy (non-hydrogen) atoms. The van der Waals surface area contributed by atoms with E-state index in [1.54, 1.807) is 23.0 Å². The summed E-state index contributed by atoms with van der Waals surface area (Å²) < 4.78 is 36.3. The first kappa shape index (κ1) is 20.1. The predicted octanol–water partition coefficient (Wildman–Crippen LogP) is 1.69. The first-order valence-electron chi connectivity index (χ1n) is 9.06. The lowest BCUT2D eigenvalue weighted by Gasteiger charge is -2.17. The molecule has 1 aromatic heterocycles. The molecule has 0 saturated carbocycles. The van der Waals surface area contributed by atoms with Crippen LogP contribution in [0.5, 0.6) is 11.5 Å². The largest absolute Gasteiger partial charge is 0.493 e. The number of halogens is 2. The molecule has 1 fully saturated rings. The lowest BCUT2D eigenvalue weighted by atomic mass is 9.90. The number of carbonyl (C=O) groups is 1. The zero-order valence-corrected chi connectivity index (χ0v) is 15.8. The summed E-state index contributed by atoms with van der Waals surface area (Å²) in [6.07, 6.45) is 4.22. The minimum atomic E-state index is -2.93. The molecule has 1 aromatic carbocycles. The maximum atomic E-state index is 12.6. The minimum absolute atomic E-state index is 0.0158. The van der Waals surface area contributed by atoms with E-state index in [0.717, 1.165) is 17.7 Å². The summed E-state index contributed by atoms with van der Waals surface area (Å²) in [6, 6.07) is 4.85. The number of amides is 1. The van der Waals surface area contributed by atoms with Gasteiger partial charge in [-0.25, -0.2) is 0 Å². The Morgan fingerprint density at radius 1 is 1.39 bits per heavy atom. The van der Waals surface area contributed by atoms with E-state index in [1.165, 1.54) is 13.2 Å². The highest BCUT2D eigenvalue weighted by Gasteiger charge is 2.34. The maximum absolute atomic E-state index is 12.6. The van der Waals surface area contributed by atoms with Crippen molar-refractivity contribution in [3.63, 3.8) is 0 Å². The average molecular weight is 394 g/mol. The first-order chi connectivity index (χ1) is 13.5. The van der Waals surface area contributed by atoms with Crippen molar-refractivity contribution in [2.45, 2.75) is 19.0 Å². The third-order valence-electron chi connectivity index (χ3n) is 4.86. The highest BCUT2D eigenvalue weighted by Crippen LogP contribution is 2.30. The predicted molar refractivity (Wildman–Crippen MR) is 98.6 cm³/mol. The highest BCUT2D eigenvalue weighted by atomic mass is 19.3. The van der Waals surface area contributed by atoms with Gasteiger partial charge in [0, 0.05) is 38.8 Å². The van der Waals surface area contributed by atoms with Crippen LogP contribution in [0, 0.1) is 5.92 Å². The molecule has 152 valence electrons. The summed E-state index contributed by atoms with van der Waals surface area (Å²) >= 11 is 0. The fourth-order valence-electron chi connectivity index (χ4n) is 3.46. The van der Waals surface area contributed by atoms with Crippen LogP contribution in [0.15, 0.2) is 30.6 Å². The lowest BCUT2D eigenvalue weighted by Crippen LogP contribution is -2.35. The first-order valence-corrected chi connectivity index (χ1v) is 9.06. The molecule has 0 spiro atoms. The van der Waals surface area contributed by atoms with Gasteiger partial charge in [0.05, 0.1) is 19.2 Å². The smallest absolute Gasteiger partial charge is 0.387 e. The fourth-order valence-corrected chi connectivity index (χ4v) is 3.46. The number of aryl methyl sites for hydroxylation is 1. The Balaban J connectivity index is 1.56. The molecule has 1 aliphatic rings. The standard InChI is InChI=1S/C19H24F2N4O3/c1-25-11-13(8-24-25)14-9-22-10-15(14)18(26)23-6-5-12-3-4-16(27-2)17(7-12)28-19(20)21/h3-4,7-8,11,14-15,19,22H,5-6,9-10H2,1-2H3,(H,23,26)/t14-,15+/m1/s1. The Kier molecular flexibility index (Phi) is 6.45. The molecule has 7 nitrogen and oxygen atoms in total. The number of methoxy groups -OCH3 is 1. The van der Waals surface area contributed by atoms with Crippen molar-refractivity contribution in [3.8, 4) is 11.5 Å². The fraction of sp³-hybridized carbons (Fsp3) is 0.474. The van der Waals surface area contributed by atoms with Gasteiger partial charge < -0.3 is 20.1 Å². The number of benzene rings is 1. The molecule has 2 aromatic rings. The van der Waals surface area contributed by atoms with Gasteiger partial charge in [-0.3, -0.25) is 9.48 Å². The number of rotatable bonds is 8. The van der Waals surface area contributed by atoms with Gasteiger partial charge in [0.1, 0.15) is 0 Å². The van der Waals surface area contributed by atoms with Crippen LogP contribution in [0.1, 0.15) is 17.0 Å². The third-order valence-corrected chi connectivity index (χ3v) is 4.86. The second-order valence-electron chi connectivity index (χ2n) is 6.72. The molecule has 2 atom stereocenters. The monoisotopic (exact) mass is 394 g/mol. The molecule has 0 unspecified atom stereocenters. The summed E-state index contributed by atoms with van der Waals surface area (Å²) in [5, 5.41) is 10.4. The maximum Gasteiger partial charge on any atom is 0.387 e. The van der Waals surface area contributed by atoms with E-state index in [9.17, 15) is 13.6 Å². The van der Waals surface area contributed by atoms with Crippen LogP contribution in [0.3, 0.4) is 0 Å². The van der Waals surface area contributed by atoms with Gasteiger partial charge in [0.2, 0.25) is 5.91 Å². The number of carbonyl (C=O) groups excluding carboxylic acids is 1. The van der Waals surface area contributed by atoms with Crippen molar-refractivity contribution < 1.29 is 23.0 Å². The van der Waals surface area contributed by atoms with E-state index in [1.807, 2.05) is 13.2 Å². The summed E-state index contributed by atoms with van der Waals surface area (Å²) in [7, 11) is 3.24. The number of hydrogen-bond donors (Lipinski definition) is 2. The average Bonchev–Trinajstić information content (AvgIpc) is 3.30. The molecule has 1 aliphatic heterocycles. The van der Waals surface area contributed by atoms with Crippen molar-refractivity contribution in [1.29, 1.82) is 0 Å². The molecule has 0 bridgehead atoms. The number of alkyl halides is 2. The van der Waals surface area contributed by atoms with Crippen molar-refractivity contribution in [2.24, 2.45) is 13.0 Å². The third kappa shape index (κ3) is 4.78. The molecule has 3 rings (SSSR count). The lowest BCUT2D eigenvalue weighted by molar-refractivity contribution is -0.124. The van der Waals surface area contributed by atoms with Crippen molar-refractivity contribution in [3.05, 3.63) is 41.7 Å². The molecule has 0 radical (unpaired) electrons. The molecule has 1 saturated heterocycles. The van der Waals surface area contributed by atoms with Crippen molar-refractivity contribution >= 4 is 5.91 Å². The molecule has 9 heteroatoms. The normalized spacial score (nSPS) is 19.0. The number of hydrogen-bond acceptors (Lipinski definition) is 5. The Morgan fingerprint density at radius 2 is 2.21 bits per heavy atom. The summed E-state index contributed by atoms with van der Waals surface area (Å²) in [5.41, 5.74) is 1.81. The van der Waals surface area contributed by atoms with Crippen molar-refractivity contribution in [2.75, 3.05) is 26.7 Å². The van der Waals surface area contributed by atoms with Gasteiger partial charge in [0.15, 0.2) is 11.5 Å². The summed E-state index contributed by atoms with van der Waals surface area (Å²) in [5.74, 6) is 0.109. The molecule has 0 aliphatic carbocycles. The van der Waals surface area contributed by atoms with Crippen molar-refractivity contribution in [1.82, 2.24) is 20.4 Å². The van der Waals surface area contributed by atoms with Gasteiger partial charge in [0.25, 0.3) is 0 Å².